The Kier molecular flexibility index (Phi) is 3.64. The predicted molar refractivity (Wildman–Crippen MR) is 84.6 cm³/mol. The molecule has 0 aliphatic heterocycles. The molecule has 0 bridgehead atoms. The number of nitrogens with two attached hydrogens (primary N) is 1. The van der Waals surface area contributed by atoms with Gasteiger partial charge in [0.05, 0.1) is 11.6 Å². The van der Waals surface area contributed by atoms with Crippen LogP contribution in [0.15, 0.2) is 48.7 Å². The molecule has 3 aromatic rings. The van der Waals surface area contributed by atoms with Gasteiger partial charge in [0.2, 0.25) is 0 Å². The number of aromatic nitrogens is 2. The molecule has 0 fully saturated rings. The third-order valence-corrected chi connectivity index (χ3v) is 3.71. The van der Waals surface area contributed by atoms with Gasteiger partial charge in [0.15, 0.2) is 0 Å². The number of nitrogens with one attached hydrogen (secondary N) is 1. The van der Waals surface area contributed by atoms with E-state index in [0.29, 0.717) is 0 Å². The molecule has 4 heteroatoms. The lowest BCUT2D eigenvalue weighted by Gasteiger charge is -2.18. The largest absolute Gasteiger partial charge is 0.271 e. The van der Waals surface area contributed by atoms with Crippen LogP contribution in [0.25, 0.3) is 10.9 Å². The quantitative estimate of drug-likeness (QED) is 0.571. The number of benzene rings is 1. The molecular weight excluding hydrogens is 260 g/mol. The molecule has 1 unspecified atom stereocenters. The molecule has 0 radical (unpaired) electrons. The van der Waals surface area contributed by atoms with E-state index in [4.69, 9.17) is 5.84 Å². The van der Waals surface area contributed by atoms with Crippen LogP contribution in [0.3, 0.4) is 0 Å². The van der Waals surface area contributed by atoms with Gasteiger partial charge in [0.25, 0.3) is 0 Å². The van der Waals surface area contributed by atoms with Crippen molar-refractivity contribution in [1.29, 1.82) is 0 Å². The zero-order valence-electron chi connectivity index (χ0n) is 12.2. The standard InChI is InChI=1S/C17H18N4/c1-11-5-6-13-10-14(7-8-16(13)20-11)17(21-18)15-4-3-9-19-12(15)2/h3-10,17,21H,18H2,1-2H3. The lowest BCUT2D eigenvalue weighted by atomic mass is 9.97. The molecule has 0 saturated carbocycles. The molecule has 21 heavy (non-hydrogen) atoms. The second kappa shape index (κ2) is 5.60. The van der Waals surface area contributed by atoms with Gasteiger partial charge >= 0.3 is 0 Å². The van der Waals surface area contributed by atoms with Crippen LogP contribution in [-0.2, 0) is 0 Å². The third kappa shape index (κ3) is 2.63. The van der Waals surface area contributed by atoms with E-state index in [-0.39, 0.29) is 6.04 Å². The Hall–Kier alpha value is -2.30. The molecule has 3 N–H and O–H groups in total. The summed E-state index contributed by atoms with van der Waals surface area (Å²) in [5.74, 6) is 5.78. The monoisotopic (exact) mass is 278 g/mol. The zero-order valence-corrected chi connectivity index (χ0v) is 12.2. The first-order valence-corrected chi connectivity index (χ1v) is 6.94. The molecule has 2 aromatic heterocycles. The number of pyridine rings is 2. The van der Waals surface area contributed by atoms with E-state index >= 15 is 0 Å². The lowest BCUT2D eigenvalue weighted by molar-refractivity contribution is 0.631. The van der Waals surface area contributed by atoms with Crippen molar-refractivity contribution in [3.05, 3.63) is 71.2 Å². The topological polar surface area (TPSA) is 63.8 Å². The van der Waals surface area contributed by atoms with Crippen LogP contribution in [0.4, 0.5) is 0 Å². The molecule has 0 aliphatic carbocycles. The minimum absolute atomic E-state index is 0.0793. The van der Waals surface area contributed by atoms with Crippen molar-refractivity contribution >= 4 is 10.9 Å². The Bertz CT molecular complexity index is 783. The summed E-state index contributed by atoms with van der Waals surface area (Å²) in [6, 6.07) is 14.2. The van der Waals surface area contributed by atoms with Crippen LogP contribution < -0.4 is 11.3 Å². The molecule has 0 saturated heterocycles. The van der Waals surface area contributed by atoms with Crippen molar-refractivity contribution in [3.8, 4) is 0 Å². The minimum Gasteiger partial charge on any atom is -0.271 e. The summed E-state index contributed by atoms with van der Waals surface area (Å²) in [6.07, 6.45) is 1.79. The summed E-state index contributed by atoms with van der Waals surface area (Å²) >= 11 is 0. The molecular formula is C17H18N4. The molecule has 4 nitrogen and oxygen atoms in total. The summed E-state index contributed by atoms with van der Waals surface area (Å²) < 4.78 is 0. The number of aryl methyl sites for hydroxylation is 2. The number of fused-ring (bicyclic) bond motifs is 1. The average Bonchev–Trinajstić information content (AvgIpc) is 2.50. The Balaban J connectivity index is 2.09. The van der Waals surface area contributed by atoms with Gasteiger partial charge in [-0.2, -0.15) is 0 Å². The van der Waals surface area contributed by atoms with E-state index in [9.17, 15) is 0 Å². The molecule has 106 valence electrons. The van der Waals surface area contributed by atoms with Crippen LogP contribution in [0.5, 0.6) is 0 Å². The minimum atomic E-state index is -0.0793. The molecule has 1 aromatic carbocycles. The van der Waals surface area contributed by atoms with Gasteiger partial charge in [-0.3, -0.25) is 15.8 Å². The van der Waals surface area contributed by atoms with Crippen molar-refractivity contribution in [2.75, 3.05) is 0 Å². The Morgan fingerprint density at radius 2 is 1.95 bits per heavy atom. The Morgan fingerprint density at radius 1 is 1.10 bits per heavy atom. The highest BCUT2D eigenvalue weighted by molar-refractivity contribution is 5.79. The highest BCUT2D eigenvalue weighted by atomic mass is 15.2. The van der Waals surface area contributed by atoms with Gasteiger partial charge in [-0.05, 0) is 49.2 Å². The number of hydrogen-bond donors (Lipinski definition) is 2. The molecule has 0 spiro atoms. The van der Waals surface area contributed by atoms with Gasteiger partial charge in [0.1, 0.15) is 0 Å². The first-order chi connectivity index (χ1) is 10.2. The number of nitrogens with zero attached hydrogens (tertiary/aromatic N) is 2. The molecule has 2 heterocycles. The first kappa shape index (κ1) is 13.7. The fourth-order valence-corrected chi connectivity index (χ4v) is 2.59. The number of hydrazine groups is 1. The van der Waals surface area contributed by atoms with Gasteiger partial charge < -0.3 is 0 Å². The van der Waals surface area contributed by atoms with Crippen molar-refractivity contribution in [3.63, 3.8) is 0 Å². The maximum Gasteiger partial charge on any atom is 0.0727 e. The fraction of sp³-hybridized carbons (Fsp3) is 0.176. The van der Waals surface area contributed by atoms with Crippen LogP contribution >= 0.6 is 0 Å². The second-order valence-electron chi connectivity index (χ2n) is 5.18. The van der Waals surface area contributed by atoms with E-state index in [1.165, 1.54) is 0 Å². The summed E-state index contributed by atoms with van der Waals surface area (Å²) in [4.78, 5) is 8.87. The molecule has 3 rings (SSSR count). The van der Waals surface area contributed by atoms with E-state index in [2.05, 4.69) is 33.6 Å². The SMILES string of the molecule is Cc1ccc2cc(C(NN)c3cccnc3C)ccc2n1. The molecule has 0 amide bonds. The smallest absolute Gasteiger partial charge is 0.0727 e. The Morgan fingerprint density at radius 3 is 2.71 bits per heavy atom. The highest BCUT2D eigenvalue weighted by Gasteiger charge is 2.15. The van der Waals surface area contributed by atoms with Crippen molar-refractivity contribution in [2.24, 2.45) is 5.84 Å². The van der Waals surface area contributed by atoms with Crippen LogP contribution in [0.1, 0.15) is 28.6 Å². The van der Waals surface area contributed by atoms with Gasteiger partial charge in [0, 0.05) is 23.0 Å². The van der Waals surface area contributed by atoms with Gasteiger partial charge in [-0.25, -0.2) is 5.43 Å². The Labute approximate surface area is 124 Å². The van der Waals surface area contributed by atoms with Gasteiger partial charge in [-0.1, -0.05) is 18.2 Å². The van der Waals surface area contributed by atoms with E-state index < -0.39 is 0 Å². The number of hydrogen-bond acceptors (Lipinski definition) is 4. The molecule has 0 aliphatic rings. The van der Waals surface area contributed by atoms with Crippen LogP contribution in [0.2, 0.25) is 0 Å². The van der Waals surface area contributed by atoms with Crippen molar-refractivity contribution < 1.29 is 0 Å². The maximum absolute atomic E-state index is 5.78. The summed E-state index contributed by atoms with van der Waals surface area (Å²) in [7, 11) is 0. The highest BCUT2D eigenvalue weighted by Crippen LogP contribution is 2.25. The predicted octanol–water partition coefficient (Wildman–Crippen LogP) is 2.80. The third-order valence-electron chi connectivity index (χ3n) is 3.71. The number of rotatable bonds is 3. The maximum atomic E-state index is 5.78. The average molecular weight is 278 g/mol. The fourth-order valence-electron chi connectivity index (χ4n) is 2.59. The van der Waals surface area contributed by atoms with Crippen LogP contribution in [-0.4, -0.2) is 9.97 Å². The lowest BCUT2D eigenvalue weighted by Crippen LogP contribution is -2.29. The second-order valence-corrected chi connectivity index (χ2v) is 5.18. The molecule has 1 atom stereocenters. The summed E-state index contributed by atoms with van der Waals surface area (Å²) in [6.45, 7) is 3.99. The van der Waals surface area contributed by atoms with Crippen molar-refractivity contribution in [1.82, 2.24) is 15.4 Å². The van der Waals surface area contributed by atoms with E-state index in [1.807, 2.05) is 38.1 Å². The first-order valence-electron chi connectivity index (χ1n) is 6.94. The van der Waals surface area contributed by atoms with Crippen molar-refractivity contribution in [2.45, 2.75) is 19.9 Å². The van der Waals surface area contributed by atoms with E-state index in [1.54, 1.807) is 6.20 Å². The zero-order chi connectivity index (χ0) is 14.8. The van der Waals surface area contributed by atoms with Gasteiger partial charge in [-0.15, -0.1) is 0 Å². The van der Waals surface area contributed by atoms with E-state index in [0.717, 1.165) is 33.4 Å². The normalized spacial score (nSPS) is 12.5. The summed E-state index contributed by atoms with van der Waals surface area (Å²) in [5.41, 5.74) is 8.07. The van der Waals surface area contributed by atoms with Crippen LogP contribution in [0, 0.1) is 13.8 Å². The summed E-state index contributed by atoms with van der Waals surface area (Å²) in [5, 5.41) is 1.11.